The van der Waals surface area contributed by atoms with Gasteiger partial charge in [0.1, 0.15) is 0 Å². The van der Waals surface area contributed by atoms with Crippen LogP contribution in [0.5, 0.6) is 0 Å². The van der Waals surface area contributed by atoms with Crippen molar-refractivity contribution in [2.24, 2.45) is 0 Å². The van der Waals surface area contributed by atoms with E-state index in [1.807, 2.05) is 25.1 Å². The second-order valence-electron chi connectivity index (χ2n) is 8.72. The Hall–Kier alpha value is -3.62. The Labute approximate surface area is 212 Å². The van der Waals surface area contributed by atoms with E-state index in [4.69, 9.17) is 0 Å². The molecule has 4 aromatic carbocycles. The highest BCUT2D eigenvalue weighted by Gasteiger charge is 2.43. The van der Waals surface area contributed by atoms with E-state index in [2.05, 4.69) is 0 Å². The first-order chi connectivity index (χ1) is 17.3. The van der Waals surface area contributed by atoms with Crippen LogP contribution in [-0.2, 0) is 20.0 Å². The summed E-state index contributed by atoms with van der Waals surface area (Å²) in [5.41, 5.74) is 1.64. The van der Waals surface area contributed by atoms with Gasteiger partial charge >= 0.3 is 0 Å². The quantitative estimate of drug-likeness (QED) is 0.333. The molecule has 0 saturated heterocycles. The van der Waals surface area contributed by atoms with Crippen LogP contribution < -0.4 is 8.61 Å². The molecule has 2 atom stereocenters. The van der Waals surface area contributed by atoms with Gasteiger partial charge in [0, 0.05) is 11.6 Å². The van der Waals surface area contributed by atoms with Crippen molar-refractivity contribution in [1.29, 1.82) is 0 Å². The summed E-state index contributed by atoms with van der Waals surface area (Å²) in [6.45, 7) is 1.82. The number of benzene rings is 4. The topological polar surface area (TPSA) is 74.8 Å². The summed E-state index contributed by atoms with van der Waals surface area (Å²) >= 11 is 0. The normalized spacial score (nSPS) is 17.9. The van der Waals surface area contributed by atoms with Crippen LogP contribution in [0.3, 0.4) is 0 Å². The fourth-order valence-electron chi connectivity index (χ4n) is 4.81. The molecule has 0 spiro atoms. The van der Waals surface area contributed by atoms with Crippen LogP contribution in [0.4, 0.5) is 11.4 Å². The van der Waals surface area contributed by atoms with Gasteiger partial charge in [-0.15, -0.1) is 0 Å². The molecule has 0 fully saturated rings. The maximum atomic E-state index is 14.0. The number of anilines is 2. The lowest BCUT2D eigenvalue weighted by Gasteiger charge is -2.43. The van der Waals surface area contributed by atoms with Gasteiger partial charge in [-0.2, -0.15) is 0 Å². The number of sulfonamides is 2. The molecule has 0 amide bonds. The first kappa shape index (κ1) is 24.1. The van der Waals surface area contributed by atoms with Crippen molar-refractivity contribution in [2.75, 3.05) is 8.61 Å². The maximum Gasteiger partial charge on any atom is 0.264 e. The Bertz CT molecular complexity index is 1560. The Balaban J connectivity index is 1.69. The van der Waals surface area contributed by atoms with Crippen molar-refractivity contribution in [2.45, 2.75) is 35.2 Å². The lowest BCUT2D eigenvalue weighted by molar-refractivity contribution is 0.511. The summed E-state index contributed by atoms with van der Waals surface area (Å²) in [5, 5.41) is 0. The van der Waals surface area contributed by atoms with Crippen LogP contribution in [-0.4, -0.2) is 22.9 Å². The predicted octanol–water partition coefficient (Wildman–Crippen LogP) is 5.61. The van der Waals surface area contributed by atoms with Crippen molar-refractivity contribution in [3.8, 4) is 0 Å². The summed E-state index contributed by atoms with van der Waals surface area (Å²) in [6, 6.07) is 31.7. The molecular formula is C28H26N2O4S2. The largest absolute Gasteiger partial charge is 0.264 e. The summed E-state index contributed by atoms with van der Waals surface area (Å²) in [7, 11) is -7.82. The van der Waals surface area contributed by atoms with E-state index in [-0.39, 0.29) is 16.2 Å². The number of hydrogen-bond donors (Lipinski definition) is 0. The van der Waals surface area contributed by atoms with Gasteiger partial charge < -0.3 is 0 Å². The molecule has 1 aliphatic heterocycles. The van der Waals surface area contributed by atoms with Crippen molar-refractivity contribution in [3.63, 3.8) is 0 Å². The zero-order valence-corrected chi connectivity index (χ0v) is 21.3. The van der Waals surface area contributed by atoms with Crippen LogP contribution in [0.2, 0.25) is 0 Å². The molecule has 0 aromatic heterocycles. The second-order valence-corrected chi connectivity index (χ2v) is 12.4. The summed E-state index contributed by atoms with van der Waals surface area (Å²) in [6.07, 6.45) is 0.282. The van der Waals surface area contributed by atoms with Gasteiger partial charge in [-0.3, -0.25) is 8.61 Å². The molecule has 184 valence electrons. The minimum atomic E-state index is -3.96. The highest BCUT2D eigenvalue weighted by Crippen LogP contribution is 2.46. The zero-order chi connectivity index (χ0) is 25.3. The Morgan fingerprint density at radius 2 is 1.17 bits per heavy atom. The molecule has 0 radical (unpaired) electrons. The average Bonchev–Trinajstić information content (AvgIpc) is 2.90. The van der Waals surface area contributed by atoms with Crippen molar-refractivity contribution < 1.29 is 16.8 Å². The van der Waals surface area contributed by atoms with Gasteiger partial charge in [0.2, 0.25) is 0 Å². The molecule has 0 aliphatic carbocycles. The number of nitrogens with zero attached hydrogens (tertiary/aromatic N) is 2. The van der Waals surface area contributed by atoms with E-state index in [1.165, 1.54) is 8.61 Å². The predicted molar refractivity (Wildman–Crippen MR) is 142 cm³/mol. The Morgan fingerprint density at radius 1 is 0.667 bits per heavy atom. The van der Waals surface area contributed by atoms with Gasteiger partial charge in [-0.05, 0) is 55.8 Å². The first-order valence-corrected chi connectivity index (χ1v) is 14.5. The first-order valence-electron chi connectivity index (χ1n) is 11.6. The van der Waals surface area contributed by atoms with E-state index in [9.17, 15) is 16.8 Å². The van der Waals surface area contributed by atoms with E-state index in [0.717, 1.165) is 0 Å². The zero-order valence-electron chi connectivity index (χ0n) is 19.7. The van der Waals surface area contributed by atoms with E-state index < -0.39 is 32.1 Å². The van der Waals surface area contributed by atoms with E-state index in [0.29, 0.717) is 16.9 Å². The van der Waals surface area contributed by atoms with E-state index in [1.54, 1.807) is 97.1 Å². The van der Waals surface area contributed by atoms with Crippen LogP contribution in [0.15, 0.2) is 125 Å². The number of rotatable bonds is 6. The van der Waals surface area contributed by atoms with Gasteiger partial charge in [0.15, 0.2) is 0 Å². The van der Waals surface area contributed by atoms with Crippen molar-refractivity contribution in [1.82, 2.24) is 0 Å². The third kappa shape index (κ3) is 4.16. The molecular weight excluding hydrogens is 492 g/mol. The van der Waals surface area contributed by atoms with Gasteiger partial charge in [-0.25, -0.2) is 16.8 Å². The van der Waals surface area contributed by atoms with Crippen LogP contribution in [0, 0.1) is 0 Å². The number of hydrogen-bond acceptors (Lipinski definition) is 4. The van der Waals surface area contributed by atoms with Crippen molar-refractivity contribution >= 4 is 31.4 Å². The van der Waals surface area contributed by atoms with Crippen LogP contribution >= 0.6 is 0 Å². The monoisotopic (exact) mass is 518 g/mol. The molecule has 0 saturated carbocycles. The van der Waals surface area contributed by atoms with Crippen molar-refractivity contribution in [3.05, 3.63) is 121 Å². The molecule has 6 nitrogen and oxygen atoms in total. The highest BCUT2D eigenvalue weighted by atomic mass is 32.2. The fraction of sp³-hybridized carbons (Fsp3) is 0.143. The molecule has 0 N–H and O–H groups in total. The van der Waals surface area contributed by atoms with Gasteiger partial charge in [0.05, 0.1) is 27.2 Å². The third-order valence-electron chi connectivity index (χ3n) is 6.39. The number of fused-ring (bicyclic) bond motifs is 1. The number of para-hydroxylation sites is 2. The Kier molecular flexibility index (Phi) is 6.32. The van der Waals surface area contributed by atoms with Gasteiger partial charge in [-0.1, -0.05) is 72.8 Å². The minimum absolute atomic E-state index is 0.179. The second kappa shape index (κ2) is 9.44. The average molecular weight is 519 g/mol. The molecule has 1 aliphatic rings. The molecule has 1 heterocycles. The fourth-order valence-corrected chi connectivity index (χ4v) is 8.19. The molecule has 4 aromatic rings. The minimum Gasteiger partial charge on any atom is -0.263 e. The van der Waals surface area contributed by atoms with Crippen LogP contribution in [0.25, 0.3) is 0 Å². The standard InChI is InChI=1S/C28H26N2O4S2/c1-22-21-28(30(23-13-5-2-6-14-23)36(33,34)25-17-9-4-10-18-25)26-19-11-12-20-27(26)29(22)35(31,32)24-15-7-3-8-16-24/h2-20,22,28H,21H2,1H3/t22-,28-/m1/s1. The third-order valence-corrected chi connectivity index (χ3v) is 10.2. The molecule has 5 rings (SSSR count). The molecule has 0 bridgehead atoms. The molecule has 36 heavy (non-hydrogen) atoms. The summed E-state index contributed by atoms with van der Waals surface area (Å²) in [4.78, 5) is 0.375. The molecule has 0 unspecified atom stereocenters. The summed E-state index contributed by atoms with van der Waals surface area (Å²) < 4.78 is 58.4. The van der Waals surface area contributed by atoms with E-state index >= 15 is 0 Å². The lowest BCUT2D eigenvalue weighted by Crippen LogP contribution is -2.47. The van der Waals surface area contributed by atoms with Gasteiger partial charge in [0.25, 0.3) is 20.0 Å². The smallest absolute Gasteiger partial charge is 0.263 e. The Morgan fingerprint density at radius 3 is 1.78 bits per heavy atom. The lowest BCUT2D eigenvalue weighted by atomic mass is 9.93. The highest BCUT2D eigenvalue weighted by molar-refractivity contribution is 7.93. The molecule has 8 heteroatoms. The SMILES string of the molecule is C[C@@H]1C[C@@H](N(c2ccccc2)S(=O)(=O)c2ccccc2)c2ccccc2N1S(=O)(=O)c1ccccc1. The summed E-state index contributed by atoms with van der Waals surface area (Å²) in [5.74, 6) is 0. The van der Waals surface area contributed by atoms with Crippen LogP contribution in [0.1, 0.15) is 24.9 Å². The maximum absolute atomic E-state index is 14.0.